The maximum atomic E-state index is 12.9. The predicted octanol–water partition coefficient (Wildman–Crippen LogP) is 2.10. The van der Waals surface area contributed by atoms with E-state index < -0.39 is 6.04 Å². The van der Waals surface area contributed by atoms with Gasteiger partial charge in [0.2, 0.25) is 5.91 Å². The third kappa shape index (κ3) is 3.74. The number of aromatic nitrogens is 3. The van der Waals surface area contributed by atoms with Gasteiger partial charge in [-0.1, -0.05) is 6.07 Å². The quantitative estimate of drug-likeness (QED) is 0.693. The molecule has 2 amide bonds. The Morgan fingerprint density at radius 2 is 2.20 bits per heavy atom. The van der Waals surface area contributed by atoms with Crippen molar-refractivity contribution < 1.29 is 9.59 Å². The molecule has 8 nitrogen and oxygen atoms in total. The third-order valence-electron chi connectivity index (χ3n) is 5.06. The van der Waals surface area contributed by atoms with Gasteiger partial charge in [0.25, 0.3) is 5.91 Å². The first-order chi connectivity index (χ1) is 14.5. The van der Waals surface area contributed by atoms with Crippen LogP contribution in [-0.4, -0.2) is 55.7 Å². The zero-order valence-electron chi connectivity index (χ0n) is 16.6. The summed E-state index contributed by atoms with van der Waals surface area (Å²) in [4.78, 5) is 31.1. The van der Waals surface area contributed by atoms with Crippen molar-refractivity contribution in [3.05, 3.63) is 47.9 Å². The molecule has 3 heterocycles. The van der Waals surface area contributed by atoms with Crippen LogP contribution in [0.5, 0.6) is 0 Å². The average Bonchev–Trinajstić information content (AvgIpc) is 3.36. The van der Waals surface area contributed by atoms with E-state index in [0.717, 1.165) is 16.8 Å². The second kappa shape index (κ2) is 8.16. The zero-order chi connectivity index (χ0) is 21.3. The molecule has 4 rings (SSSR count). The molecule has 9 heteroatoms. The van der Waals surface area contributed by atoms with Crippen molar-refractivity contribution in [2.24, 2.45) is 7.05 Å². The number of benzene rings is 1. The summed E-state index contributed by atoms with van der Waals surface area (Å²) in [5, 5.41) is 16.9. The van der Waals surface area contributed by atoms with Crippen molar-refractivity contribution in [1.82, 2.24) is 25.0 Å². The summed E-state index contributed by atoms with van der Waals surface area (Å²) in [5.41, 5.74) is 3.97. The number of nitrogens with zero attached hydrogens (tertiary/aromatic N) is 5. The lowest BCUT2D eigenvalue weighted by atomic mass is 10.0. The van der Waals surface area contributed by atoms with E-state index in [9.17, 15) is 9.59 Å². The van der Waals surface area contributed by atoms with Gasteiger partial charge in [-0.25, -0.2) is 0 Å². The molecule has 1 fully saturated rings. The summed E-state index contributed by atoms with van der Waals surface area (Å²) in [7, 11) is 1.87. The topological polar surface area (TPSA) is 104 Å². The van der Waals surface area contributed by atoms with E-state index in [1.807, 2.05) is 38.4 Å². The van der Waals surface area contributed by atoms with Crippen molar-refractivity contribution in [2.45, 2.75) is 13.0 Å². The molecule has 1 aliphatic rings. The minimum absolute atomic E-state index is 0.150. The van der Waals surface area contributed by atoms with Crippen LogP contribution in [0, 0.1) is 18.3 Å². The maximum Gasteiger partial charge on any atom is 0.252 e. The maximum absolute atomic E-state index is 12.9. The molecule has 0 saturated carbocycles. The average molecular weight is 420 g/mol. The van der Waals surface area contributed by atoms with E-state index in [1.165, 1.54) is 16.7 Å². The number of nitriles is 1. The minimum Gasteiger partial charge on any atom is -0.343 e. The van der Waals surface area contributed by atoms with Gasteiger partial charge in [0.15, 0.2) is 0 Å². The van der Waals surface area contributed by atoms with Crippen molar-refractivity contribution in [1.29, 1.82) is 5.26 Å². The highest BCUT2D eigenvalue weighted by Gasteiger charge is 2.29. The van der Waals surface area contributed by atoms with Crippen LogP contribution < -0.4 is 5.32 Å². The first-order valence-electron chi connectivity index (χ1n) is 9.42. The van der Waals surface area contributed by atoms with E-state index in [0.29, 0.717) is 28.1 Å². The van der Waals surface area contributed by atoms with Gasteiger partial charge in [-0.2, -0.15) is 10.4 Å². The SMILES string of the molecule is Cc1nn(C)cc1-c1ccc2nccc(C(=O)NCC(=O)N3CSC[C@H]3C#N)c2c1. The van der Waals surface area contributed by atoms with Crippen LogP contribution in [0.4, 0.5) is 0 Å². The molecule has 1 saturated heterocycles. The number of rotatable bonds is 4. The van der Waals surface area contributed by atoms with Crippen molar-refractivity contribution >= 4 is 34.5 Å². The van der Waals surface area contributed by atoms with Crippen LogP contribution in [-0.2, 0) is 11.8 Å². The van der Waals surface area contributed by atoms with Crippen molar-refractivity contribution in [2.75, 3.05) is 18.2 Å². The number of hydrogen-bond donors (Lipinski definition) is 1. The number of hydrogen-bond acceptors (Lipinski definition) is 6. The number of nitrogens with one attached hydrogen (secondary N) is 1. The number of amides is 2. The highest BCUT2D eigenvalue weighted by atomic mass is 32.2. The lowest BCUT2D eigenvalue weighted by Crippen LogP contribution is -2.42. The summed E-state index contributed by atoms with van der Waals surface area (Å²) >= 11 is 1.53. The van der Waals surface area contributed by atoms with E-state index >= 15 is 0 Å². The number of fused-ring (bicyclic) bond motifs is 1. The Morgan fingerprint density at radius 3 is 2.93 bits per heavy atom. The summed E-state index contributed by atoms with van der Waals surface area (Å²) in [6.45, 7) is 1.79. The number of carbonyl (C=O) groups excluding carboxylic acids is 2. The Labute approximate surface area is 177 Å². The molecule has 0 unspecified atom stereocenters. The molecule has 1 N–H and O–H groups in total. The normalized spacial score (nSPS) is 15.9. The van der Waals surface area contributed by atoms with Gasteiger partial charge in [0, 0.05) is 36.1 Å². The second-order valence-corrected chi connectivity index (χ2v) is 8.08. The number of pyridine rings is 1. The molecule has 3 aromatic rings. The number of aryl methyl sites for hydroxylation is 2. The lowest BCUT2D eigenvalue weighted by Gasteiger charge is -2.18. The van der Waals surface area contributed by atoms with Crippen LogP contribution in [0.25, 0.3) is 22.0 Å². The molecular formula is C21H20N6O2S. The largest absolute Gasteiger partial charge is 0.343 e. The van der Waals surface area contributed by atoms with Gasteiger partial charge in [0.05, 0.1) is 35.3 Å². The van der Waals surface area contributed by atoms with Gasteiger partial charge >= 0.3 is 0 Å². The van der Waals surface area contributed by atoms with E-state index in [4.69, 9.17) is 5.26 Å². The van der Waals surface area contributed by atoms with E-state index in [1.54, 1.807) is 16.9 Å². The molecule has 0 bridgehead atoms. The smallest absolute Gasteiger partial charge is 0.252 e. The fourth-order valence-electron chi connectivity index (χ4n) is 3.54. The van der Waals surface area contributed by atoms with E-state index in [-0.39, 0.29) is 18.4 Å². The third-order valence-corrected chi connectivity index (χ3v) is 6.07. The van der Waals surface area contributed by atoms with Crippen LogP contribution in [0.15, 0.2) is 36.7 Å². The Kier molecular flexibility index (Phi) is 5.42. The molecule has 1 aliphatic heterocycles. The molecule has 0 aliphatic carbocycles. The number of carbonyl (C=O) groups is 2. The standard InChI is InChI=1S/C21H20N6O2S/c1-13-18(10-26(2)25-13)14-3-4-19-17(7-14)16(5-6-23-19)21(29)24-9-20(28)27-12-30-11-15(27)8-22/h3-7,10,15H,9,11-12H2,1-2H3,(H,24,29)/t15-/m1/s1. The molecule has 152 valence electrons. The lowest BCUT2D eigenvalue weighted by molar-refractivity contribution is -0.129. The predicted molar refractivity (Wildman–Crippen MR) is 115 cm³/mol. The molecule has 2 aromatic heterocycles. The van der Waals surface area contributed by atoms with Crippen LogP contribution >= 0.6 is 11.8 Å². The zero-order valence-corrected chi connectivity index (χ0v) is 17.4. The fraction of sp³-hybridized carbons (Fsp3) is 0.286. The van der Waals surface area contributed by atoms with Gasteiger partial charge in [0.1, 0.15) is 6.04 Å². The monoisotopic (exact) mass is 420 g/mol. The first-order valence-corrected chi connectivity index (χ1v) is 10.6. The molecule has 1 aromatic carbocycles. The molecule has 0 spiro atoms. The summed E-state index contributed by atoms with van der Waals surface area (Å²) in [6, 6.07) is 9.08. The minimum atomic E-state index is -0.438. The van der Waals surface area contributed by atoms with Gasteiger partial charge < -0.3 is 10.2 Å². The van der Waals surface area contributed by atoms with Gasteiger partial charge in [-0.05, 0) is 30.7 Å². The summed E-state index contributed by atoms with van der Waals surface area (Å²) in [6.07, 6.45) is 3.52. The summed E-state index contributed by atoms with van der Waals surface area (Å²) < 4.78 is 1.75. The van der Waals surface area contributed by atoms with E-state index in [2.05, 4.69) is 21.5 Å². The first kappa shape index (κ1) is 19.9. The highest BCUT2D eigenvalue weighted by Crippen LogP contribution is 2.27. The summed E-state index contributed by atoms with van der Waals surface area (Å²) in [5.74, 6) is 0.460. The van der Waals surface area contributed by atoms with Gasteiger partial charge in [-0.3, -0.25) is 19.3 Å². The molecule has 0 radical (unpaired) electrons. The van der Waals surface area contributed by atoms with Crippen LogP contribution in [0.1, 0.15) is 16.1 Å². The fourth-order valence-corrected chi connectivity index (χ4v) is 4.65. The van der Waals surface area contributed by atoms with Crippen LogP contribution in [0.2, 0.25) is 0 Å². The molecule has 30 heavy (non-hydrogen) atoms. The highest BCUT2D eigenvalue weighted by molar-refractivity contribution is 7.99. The molecular weight excluding hydrogens is 400 g/mol. The van der Waals surface area contributed by atoms with Crippen molar-refractivity contribution in [3.8, 4) is 17.2 Å². The van der Waals surface area contributed by atoms with Gasteiger partial charge in [-0.15, -0.1) is 11.8 Å². The second-order valence-electron chi connectivity index (χ2n) is 7.08. The van der Waals surface area contributed by atoms with Crippen LogP contribution in [0.3, 0.4) is 0 Å². The number of thioether (sulfide) groups is 1. The Balaban J connectivity index is 1.58. The Morgan fingerprint density at radius 1 is 1.37 bits per heavy atom. The Bertz CT molecular complexity index is 1180. The van der Waals surface area contributed by atoms with Crippen molar-refractivity contribution in [3.63, 3.8) is 0 Å². The Hall–Kier alpha value is -3.38. The molecule has 1 atom stereocenters.